The van der Waals surface area contributed by atoms with Crippen LogP contribution in [0.25, 0.3) is 90.9 Å². The average Bonchev–Trinajstić information content (AvgIpc) is 1.72. The average molecular weight is 1220 g/mol. The van der Waals surface area contributed by atoms with E-state index >= 15 is 0 Å². The number of carbonyl (C=O) groups is 4. The summed E-state index contributed by atoms with van der Waals surface area (Å²) in [5, 5.41) is 96.9. The number of hydrogen-bond acceptors (Lipinski definition) is 14. The van der Waals surface area contributed by atoms with Gasteiger partial charge in [0, 0.05) is 89.3 Å². The fourth-order valence-electron chi connectivity index (χ4n) is 11.2. The lowest BCUT2D eigenvalue weighted by Gasteiger charge is -2.15. The molecule has 0 saturated carbocycles. The van der Waals surface area contributed by atoms with Gasteiger partial charge < -0.3 is 72.1 Å². The SMILES string of the molecule is O=C(Nc1ccccc1-c1c2nc(c(-c3ccccc3NC(=O)c3cccc(O)c3O)c3ccc([nH]3)c(-c3ccccc3NC(=O)c3cccc(O)c3O)c3nc(c(-c4ccccc4NC(=O)c4cccc(O)c4O)c4ccc1[nH]4)C=C3)C=C2)c1cccc(O)c1O. The van der Waals surface area contributed by atoms with Crippen LogP contribution in [0.5, 0.6) is 46.0 Å². The zero-order chi connectivity index (χ0) is 63.9. The first-order chi connectivity index (χ1) is 44.6. The van der Waals surface area contributed by atoms with Crippen molar-refractivity contribution in [2.75, 3.05) is 21.3 Å². The molecule has 4 amide bonds. The minimum absolute atomic E-state index is 0.207. The second-order valence-electron chi connectivity index (χ2n) is 21.2. The van der Waals surface area contributed by atoms with Gasteiger partial charge in [-0.2, -0.15) is 0 Å². The molecule has 0 radical (unpaired) electrons. The zero-order valence-electron chi connectivity index (χ0n) is 47.9. The van der Waals surface area contributed by atoms with E-state index in [4.69, 9.17) is 9.97 Å². The predicted molar refractivity (Wildman–Crippen MR) is 352 cm³/mol. The Morgan fingerprint density at radius 2 is 0.489 bits per heavy atom. The monoisotopic (exact) mass is 1220 g/mol. The maximum Gasteiger partial charge on any atom is 0.259 e. The number of aromatic amines is 2. The van der Waals surface area contributed by atoms with Crippen LogP contribution in [-0.2, 0) is 0 Å². The summed E-state index contributed by atoms with van der Waals surface area (Å²) >= 11 is 0. The van der Waals surface area contributed by atoms with E-state index in [9.17, 15) is 60.0 Å². The summed E-state index contributed by atoms with van der Waals surface area (Å²) in [4.78, 5) is 74.7. The highest BCUT2D eigenvalue weighted by atomic mass is 16.3. The molecule has 20 heteroatoms. The highest BCUT2D eigenvalue weighted by molar-refractivity contribution is 6.14. The molecule has 0 aliphatic carbocycles. The molecule has 20 nitrogen and oxygen atoms in total. The van der Waals surface area contributed by atoms with Gasteiger partial charge in [-0.1, -0.05) is 97.1 Å². The van der Waals surface area contributed by atoms with Gasteiger partial charge in [0.05, 0.1) is 45.0 Å². The van der Waals surface area contributed by atoms with E-state index in [1.807, 2.05) is 0 Å². The van der Waals surface area contributed by atoms with Gasteiger partial charge in [0.25, 0.3) is 23.6 Å². The van der Waals surface area contributed by atoms with Crippen molar-refractivity contribution in [2.24, 2.45) is 0 Å². The molecule has 11 aromatic rings. The van der Waals surface area contributed by atoms with Gasteiger partial charge in [-0.3, -0.25) is 19.2 Å². The number of aromatic nitrogens is 4. The topological polar surface area (TPSA) is 336 Å². The van der Waals surface area contributed by atoms with Crippen LogP contribution < -0.4 is 21.3 Å². The van der Waals surface area contributed by atoms with E-state index in [1.54, 1.807) is 146 Å². The van der Waals surface area contributed by atoms with E-state index in [2.05, 4.69) is 31.2 Å². The lowest BCUT2D eigenvalue weighted by atomic mass is 10.0. The van der Waals surface area contributed by atoms with Crippen molar-refractivity contribution >= 4 is 92.7 Å². The fourth-order valence-corrected chi connectivity index (χ4v) is 11.2. The summed E-state index contributed by atoms with van der Waals surface area (Å²) < 4.78 is 0. The van der Waals surface area contributed by atoms with Crippen LogP contribution in [0.1, 0.15) is 64.2 Å². The molecular formula is C72H50N8O12. The molecule has 8 bridgehead atoms. The molecule has 3 aromatic heterocycles. The van der Waals surface area contributed by atoms with Crippen LogP contribution in [0.4, 0.5) is 22.7 Å². The Balaban J connectivity index is 1.12. The van der Waals surface area contributed by atoms with Crippen LogP contribution in [0.2, 0.25) is 0 Å². The lowest BCUT2D eigenvalue weighted by Crippen LogP contribution is -2.13. The van der Waals surface area contributed by atoms with Crippen molar-refractivity contribution in [3.63, 3.8) is 0 Å². The fraction of sp³-hybridized carbons (Fsp3) is 0. The quantitative estimate of drug-likeness (QED) is 0.0506. The van der Waals surface area contributed by atoms with Gasteiger partial charge in [-0.05, 0) is 121 Å². The number of amides is 4. The van der Waals surface area contributed by atoms with Crippen LogP contribution in [0.3, 0.4) is 0 Å². The number of anilines is 4. The molecule has 0 unspecified atom stereocenters. The van der Waals surface area contributed by atoms with Crippen molar-refractivity contribution in [1.29, 1.82) is 0 Å². The highest BCUT2D eigenvalue weighted by Gasteiger charge is 2.26. The first kappa shape index (κ1) is 57.7. The Kier molecular flexibility index (Phi) is 14.9. The van der Waals surface area contributed by atoms with Crippen molar-refractivity contribution in [1.82, 2.24) is 19.9 Å². The maximum absolute atomic E-state index is 14.2. The van der Waals surface area contributed by atoms with Crippen molar-refractivity contribution in [3.8, 4) is 90.5 Å². The Morgan fingerprint density at radius 1 is 0.272 bits per heavy atom. The minimum atomic E-state index is -0.748. The number of phenolic OH excluding ortho intramolecular Hbond substituents is 8. The van der Waals surface area contributed by atoms with Crippen LogP contribution >= 0.6 is 0 Å². The zero-order valence-corrected chi connectivity index (χ0v) is 47.9. The minimum Gasteiger partial charge on any atom is -0.504 e. The Morgan fingerprint density at radius 3 is 0.717 bits per heavy atom. The van der Waals surface area contributed by atoms with Gasteiger partial charge in [-0.25, -0.2) is 9.97 Å². The van der Waals surface area contributed by atoms with E-state index in [0.717, 1.165) is 0 Å². The highest BCUT2D eigenvalue weighted by Crippen LogP contribution is 2.45. The molecule has 0 saturated heterocycles. The molecule has 13 rings (SSSR count). The van der Waals surface area contributed by atoms with E-state index in [0.29, 0.717) is 89.4 Å². The van der Waals surface area contributed by atoms with Gasteiger partial charge in [0.1, 0.15) is 0 Å². The molecule has 2 aliphatic rings. The summed E-state index contributed by atoms with van der Waals surface area (Å²) in [6.45, 7) is 0. The number of carbonyl (C=O) groups excluding carboxylic acids is 4. The molecule has 450 valence electrons. The van der Waals surface area contributed by atoms with Gasteiger partial charge >= 0.3 is 0 Å². The van der Waals surface area contributed by atoms with Crippen molar-refractivity contribution in [3.05, 3.63) is 239 Å². The van der Waals surface area contributed by atoms with Crippen LogP contribution in [0.15, 0.2) is 194 Å². The third-order valence-electron chi connectivity index (χ3n) is 15.6. The molecule has 0 spiro atoms. The van der Waals surface area contributed by atoms with Gasteiger partial charge in [0.2, 0.25) is 0 Å². The lowest BCUT2D eigenvalue weighted by molar-refractivity contribution is 0.101. The van der Waals surface area contributed by atoms with Gasteiger partial charge in [0.15, 0.2) is 46.0 Å². The molecule has 0 fully saturated rings. The van der Waals surface area contributed by atoms with Gasteiger partial charge in [-0.15, -0.1) is 0 Å². The van der Waals surface area contributed by atoms with E-state index in [-0.39, 0.29) is 45.0 Å². The third kappa shape index (κ3) is 10.7. The van der Waals surface area contributed by atoms with Crippen LogP contribution in [-0.4, -0.2) is 84.4 Å². The predicted octanol–water partition coefficient (Wildman–Crippen LogP) is 14.0. The molecular weight excluding hydrogens is 1170 g/mol. The van der Waals surface area contributed by atoms with Crippen LogP contribution in [0, 0.1) is 0 Å². The maximum atomic E-state index is 14.2. The second kappa shape index (κ2) is 23.7. The number of aromatic hydroxyl groups is 8. The van der Waals surface area contributed by atoms with Crippen molar-refractivity contribution < 1.29 is 60.0 Å². The first-order valence-corrected chi connectivity index (χ1v) is 28.4. The number of nitrogens with one attached hydrogen (secondary N) is 6. The number of hydrogen-bond donors (Lipinski definition) is 14. The first-order valence-electron chi connectivity index (χ1n) is 28.4. The molecule has 5 heterocycles. The normalized spacial score (nSPS) is 11.5. The number of phenols is 8. The number of H-pyrrole nitrogens is 2. The summed E-state index contributed by atoms with van der Waals surface area (Å²) in [5.74, 6) is -7.51. The Labute approximate surface area is 521 Å². The Hall–Kier alpha value is -13.4. The number of rotatable bonds is 12. The van der Waals surface area contributed by atoms with E-state index < -0.39 is 69.6 Å². The summed E-state index contributed by atoms with van der Waals surface area (Å²) in [5.41, 5.74) is 6.82. The largest absolute Gasteiger partial charge is 0.504 e. The summed E-state index contributed by atoms with van der Waals surface area (Å²) in [7, 11) is 0. The molecule has 92 heavy (non-hydrogen) atoms. The molecule has 0 atom stereocenters. The Bertz CT molecular complexity index is 4540. The smallest absolute Gasteiger partial charge is 0.259 e. The number of fused-ring (bicyclic) bond motifs is 8. The standard InChI is InChI=1S/C72H50N8O12/c81-57-25-9-17-41(65(57)85)69(89)77-45-21-5-1-13-37(45)61-49-29-31-51(73-49)62(38-14-2-6-22-46(38)78-70(90)42-18-10-26-58(82)66(42)86)53-33-35-55(75-53)64(40-16-4-8-24-48(40)80-72(92)44-20-12-28-60(84)68(44)88)56-36-34-54(76-56)63(52-32-30-50(61)74-52)39-15-3-7-23-47(39)79-71(91)43-19-11-27-59(83)67(43)87/h1-36,73,76,81-88H,(H,77,89)(H,78,90)(H,79,91)(H,80,92). The second-order valence-corrected chi connectivity index (χ2v) is 21.2. The molecule has 14 N–H and O–H groups in total. The molecule has 8 aromatic carbocycles. The summed E-state index contributed by atoms with van der Waals surface area (Å²) in [6.07, 6.45) is 7.10. The molecule has 2 aliphatic heterocycles. The summed E-state index contributed by atoms with van der Waals surface area (Å²) in [6, 6.07) is 51.0. The third-order valence-corrected chi connectivity index (χ3v) is 15.6. The number of para-hydroxylation sites is 8. The number of nitrogens with zero attached hydrogens (tertiary/aromatic N) is 2. The van der Waals surface area contributed by atoms with E-state index in [1.165, 1.54) is 72.8 Å². The van der Waals surface area contributed by atoms with Crippen molar-refractivity contribution in [2.45, 2.75) is 0 Å². The number of benzene rings is 8.